The summed E-state index contributed by atoms with van der Waals surface area (Å²) in [5.74, 6) is 1.81. The fourth-order valence-electron chi connectivity index (χ4n) is 2.39. The second-order valence-electron chi connectivity index (χ2n) is 4.86. The van der Waals surface area contributed by atoms with E-state index in [1.54, 1.807) is 0 Å². The molecule has 1 aliphatic rings. The molecule has 2 atom stereocenters. The van der Waals surface area contributed by atoms with Crippen LogP contribution >= 0.6 is 11.8 Å². The van der Waals surface area contributed by atoms with Crippen LogP contribution in [0.2, 0.25) is 0 Å². The highest BCUT2D eigenvalue weighted by molar-refractivity contribution is 7.99. The van der Waals surface area contributed by atoms with Crippen LogP contribution in [0.4, 0.5) is 0 Å². The van der Waals surface area contributed by atoms with E-state index in [1.807, 2.05) is 11.8 Å². The minimum Gasteiger partial charge on any atom is -0.381 e. The molecular weight excluding hydrogens is 242 g/mol. The second-order valence-corrected chi connectivity index (χ2v) is 5.93. The van der Waals surface area contributed by atoms with Gasteiger partial charge in [0, 0.05) is 29.2 Å². The summed E-state index contributed by atoms with van der Waals surface area (Å²) in [5.41, 5.74) is 1.38. The van der Waals surface area contributed by atoms with Gasteiger partial charge in [0.1, 0.15) is 0 Å². The SMILES string of the molecule is CCNC(CSc1ccccc1C)C1CCOC1. The van der Waals surface area contributed by atoms with E-state index in [2.05, 4.69) is 43.4 Å². The lowest BCUT2D eigenvalue weighted by Gasteiger charge is -2.23. The first-order valence-corrected chi connectivity index (χ1v) is 7.79. The summed E-state index contributed by atoms with van der Waals surface area (Å²) in [6, 6.07) is 9.20. The lowest BCUT2D eigenvalue weighted by atomic mass is 10.0. The number of benzene rings is 1. The number of nitrogens with one attached hydrogen (secondary N) is 1. The van der Waals surface area contributed by atoms with Gasteiger partial charge in [0.15, 0.2) is 0 Å². The van der Waals surface area contributed by atoms with Crippen LogP contribution < -0.4 is 5.32 Å². The van der Waals surface area contributed by atoms with Gasteiger partial charge in [-0.25, -0.2) is 0 Å². The van der Waals surface area contributed by atoms with E-state index in [4.69, 9.17) is 4.74 Å². The number of rotatable bonds is 6. The molecule has 100 valence electrons. The van der Waals surface area contributed by atoms with Gasteiger partial charge in [-0.2, -0.15) is 0 Å². The molecule has 2 rings (SSSR count). The Kier molecular flexibility index (Phi) is 5.54. The van der Waals surface area contributed by atoms with E-state index < -0.39 is 0 Å². The molecule has 0 spiro atoms. The fraction of sp³-hybridized carbons (Fsp3) is 0.600. The van der Waals surface area contributed by atoms with Gasteiger partial charge in [0.05, 0.1) is 6.61 Å². The van der Waals surface area contributed by atoms with Crippen molar-refractivity contribution in [2.24, 2.45) is 5.92 Å². The molecule has 0 aliphatic carbocycles. The molecule has 1 aromatic carbocycles. The Morgan fingerprint density at radius 2 is 2.28 bits per heavy atom. The molecule has 0 aromatic heterocycles. The van der Waals surface area contributed by atoms with E-state index in [0.717, 1.165) is 25.5 Å². The lowest BCUT2D eigenvalue weighted by Crippen LogP contribution is -2.38. The molecule has 18 heavy (non-hydrogen) atoms. The van der Waals surface area contributed by atoms with Crippen molar-refractivity contribution in [3.8, 4) is 0 Å². The Bertz CT molecular complexity index is 363. The molecule has 0 amide bonds. The third-order valence-electron chi connectivity index (χ3n) is 3.51. The molecule has 1 N–H and O–H groups in total. The average Bonchev–Trinajstić information content (AvgIpc) is 2.90. The number of thioether (sulfide) groups is 1. The molecule has 2 nitrogen and oxygen atoms in total. The zero-order valence-electron chi connectivity index (χ0n) is 11.3. The molecule has 2 unspecified atom stereocenters. The Hall–Kier alpha value is -0.510. The first-order chi connectivity index (χ1) is 8.81. The molecule has 1 heterocycles. The van der Waals surface area contributed by atoms with Crippen molar-refractivity contribution in [2.75, 3.05) is 25.5 Å². The third kappa shape index (κ3) is 3.74. The maximum atomic E-state index is 5.51. The molecule has 3 heteroatoms. The van der Waals surface area contributed by atoms with Gasteiger partial charge < -0.3 is 10.1 Å². The molecule has 0 radical (unpaired) electrons. The van der Waals surface area contributed by atoms with E-state index in [-0.39, 0.29) is 0 Å². The van der Waals surface area contributed by atoms with Crippen molar-refractivity contribution in [3.05, 3.63) is 29.8 Å². The summed E-state index contributed by atoms with van der Waals surface area (Å²) in [6.07, 6.45) is 1.20. The molecule has 1 aliphatic heterocycles. The first-order valence-electron chi connectivity index (χ1n) is 6.80. The van der Waals surface area contributed by atoms with Crippen molar-refractivity contribution < 1.29 is 4.74 Å². The van der Waals surface area contributed by atoms with Crippen LogP contribution in [0.15, 0.2) is 29.2 Å². The van der Waals surface area contributed by atoms with Gasteiger partial charge in [-0.15, -0.1) is 11.8 Å². The standard InChI is InChI=1S/C15H23NOS/c1-3-16-14(13-8-9-17-10-13)11-18-15-7-5-4-6-12(15)2/h4-7,13-14,16H,3,8-11H2,1-2H3. The van der Waals surface area contributed by atoms with Crippen molar-refractivity contribution in [2.45, 2.75) is 31.2 Å². The minimum absolute atomic E-state index is 0.571. The molecule has 0 bridgehead atoms. The van der Waals surface area contributed by atoms with Gasteiger partial charge >= 0.3 is 0 Å². The minimum atomic E-state index is 0.571. The first kappa shape index (κ1) is 13.9. The van der Waals surface area contributed by atoms with Crippen LogP contribution in [-0.4, -0.2) is 31.6 Å². The van der Waals surface area contributed by atoms with Crippen LogP contribution in [0.1, 0.15) is 18.9 Å². The summed E-state index contributed by atoms with van der Waals surface area (Å²) >= 11 is 1.96. The zero-order chi connectivity index (χ0) is 12.8. The van der Waals surface area contributed by atoms with Crippen LogP contribution in [0.5, 0.6) is 0 Å². The van der Waals surface area contributed by atoms with Crippen molar-refractivity contribution in [1.82, 2.24) is 5.32 Å². The monoisotopic (exact) mass is 265 g/mol. The topological polar surface area (TPSA) is 21.3 Å². The third-order valence-corrected chi connectivity index (χ3v) is 4.81. The highest BCUT2D eigenvalue weighted by Crippen LogP contribution is 2.26. The second kappa shape index (κ2) is 7.17. The molecule has 1 saturated heterocycles. The quantitative estimate of drug-likeness (QED) is 0.799. The lowest BCUT2D eigenvalue weighted by molar-refractivity contribution is 0.179. The normalized spacial score (nSPS) is 21.1. The summed E-state index contributed by atoms with van der Waals surface area (Å²) in [4.78, 5) is 1.40. The number of hydrogen-bond donors (Lipinski definition) is 1. The van der Waals surface area contributed by atoms with Crippen LogP contribution in [0.25, 0.3) is 0 Å². The Labute approximate surface area is 114 Å². The maximum absolute atomic E-state index is 5.51. The van der Waals surface area contributed by atoms with Gasteiger partial charge in [-0.05, 0) is 31.5 Å². The fourth-order valence-corrected chi connectivity index (χ4v) is 3.61. The van der Waals surface area contributed by atoms with Crippen molar-refractivity contribution >= 4 is 11.8 Å². The highest BCUT2D eigenvalue weighted by atomic mass is 32.2. The van der Waals surface area contributed by atoms with Gasteiger partial charge in [0.2, 0.25) is 0 Å². The number of ether oxygens (including phenoxy) is 1. The Balaban J connectivity index is 1.91. The van der Waals surface area contributed by atoms with Crippen molar-refractivity contribution in [1.29, 1.82) is 0 Å². The Morgan fingerprint density at radius 3 is 2.94 bits per heavy atom. The zero-order valence-corrected chi connectivity index (χ0v) is 12.1. The summed E-state index contributed by atoms with van der Waals surface area (Å²) in [7, 11) is 0. The summed E-state index contributed by atoms with van der Waals surface area (Å²) < 4.78 is 5.51. The van der Waals surface area contributed by atoms with Gasteiger partial charge in [-0.1, -0.05) is 25.1 Å². The smallest absolute Gasteiger partial charge is 0.0510 e. The summed E-state index contributed by atoms with van der Waals surface area (Å²) in [6.45, 7) is 7.26. The molecule has 0 saturated carbocycles. The molecular formula is C15H23NOS. The Morgan fingerprint density at radius 1 is 1.44 bits per heavy atom. The van der Waals surface area contributed by atoms with E-state index in [1.165, 1.54) is 16.9 Å². The average molecular weight is 265 g/mol. The largest absolute Gasteiger partial charge is 0.381 e. The number of hydrogen-bond acceptors (Lipinski definition) is 3. The van der Waals surface area contributed by atoms with E-state index in [9.17, 15) is 0 Å². The van der Waals surface area contributed by atoms with Crippen molar-refractivity contribution in [3.63, 3.8) is 0 Å². The van der Waals surface area contributed by atoms with Crippen LogP contribution in [-0.2, 0) is 4.74 Å². The predicted octanol–water partition coefficient (Wildman–Crippen LogP) is 3.10. The summed E-state index contributed by atoms with van der Waals surface area (Å²) in [5, 5.41) is 3.61. The highest BCUT2D eigenvalue weighted by Gasteiger charge is 2.25. The molecule has 1 fully saturated rings. The van der Waals surface area contributed by atoms with E-state index in [0.29, 0.717) is 12.0 Å². The number of aryl methyl sites for hydroxylation is 1. The van der Waals surface area contributed by atoms with Crippen LogP contribution in [0, 0.1) is 12.8 Å². The van der Waals surface area contributed by atoms with Gasteiger partial charge in [0.25, 0.3) is 0 Å². The maximum Gasteiger partial charge on any atom is 0.0510 e. The van der Waals surface area contributed by atoms with Gasteiger partial charge in [-0.3, -0.25) is 0 Å². The van der Waals surface area contributed by atoms with E-state index >= 15 is 0 Å². The molecule has 1 aromatic rings. The van der Waals surface area contributed by atoms with Crippen LogP contribution in [0.3, 0.4) is 0 Å². The predicted molar refractivity (Wildman–Crippen MR) is 78.3 cm³/mol.